The van der Waals surface area contributed by atoms with Crippen LogP contribution in [0.25, 0.3) is 0 Å². The summed E-state index contributed by atoms with van der Waals surface area (Å²) in [5.74, 6) is 0.938. The van der Waals surface area contributed by atoms with Crippen LogP contribution in [0.5, 0.6) is 11.7 Å². The van der Waals surface area contributed by atoms with Crippen molar-refractivity contribution in [2.75, 3.05) is 5.32 Å². The Balaban J connectivity index is 1.68. The Labute approximate surface area is 120 Å². The first-order chi connectivity index (χ1) is 10.3. The molecule has 0 radical (unpaired) electrons. The maximum Gasteiger partial charge on any atom is 0.292 e. The van der Waals surface area contributed by atoms with Crippen LogP contribution in [0.1, 0.15) is 10.6 Å². The lowest BCUT2D eigenvalue weighted by molar-refractivity contribution is 0.0991. The summed E-state index contributed by atoms with van der Waals surface area (Å²) in [5, 5.41) is 10.0. The first-order valence-corrected chi connectivity index (χ1v) is 6.23. The predicted octanol–water partition coefficient (Wildman–Crippen LogP) is 3.11. The fourth-order valence-corrected chi connectivity index (χ4v) is 1.65. The molecule has 0 saturated carbocycles. The lowest BCUT2D eigenvalue weighted by Gasteiger charge is -2.01. The number of amides is 1. The van der Waals surface area contributed by atoms with E-state index in [0.29, 0.717) is 11.6 Å². The van der Waals surface area contributed by atoms with Crippen molar-refractivity contribution in [3.8, 4) is 11.7 Å². The van der Waals surface area contributed by atoms with Crippen LogP contribution in [-0.4, -0.2) is 16.1 Å². The molecule has 3 aromatic rings. The number of anilines is 1. The zero-order valence-corrected chi connectivity index (χ0v) is 10.9. The van der Waals surface area contributed by atoms with Crippen LogP contribution in [-0.2, 0) is 0 Å². The number of nitrogens with one attached hydrogen (secondary N) is 1. The van der Waals surface area contributed by atoms with Gasteiger partial charge in [0.05, 0.1) is 0 Å². The minimum Gasteiger partial charge on any atom is -0.426 e. The highest BCUT2D eigenvalue weighted by atomic mass is 16.6. The van der Waals surface area contributed by atoms with Crippen molar-refractivity contribution in [2.24, 2.45) is 0 Å². The largest absolute Gasteiger partial charge is 0.426 e. The lowest BCUT2D eigenvalue weighted by atomic mass is 10.3. The molecule has 6 heteroatoms. The Morgan fingerprint density at radius 3 is 2.67 bits per heavy atom. The second kappa shape index (κ2) is 5.87. The van der Waals surface area contributed by atoms with Gasteiger partial charge in [0, 0.05) is 12.3 Å². The van der Waals surface area contributed by atoms with E-state index in [2.05, 4.69) is 15.5 Å². The Morgan fingerprint density at radius 2 is 1.90 bits per heavy atom. The average Bonchev–Trinajstić information content (AvgIpc) is 2.98. The molecule has 3 rings (SSSR count). The summed E-state index contributed by atoms with van der Waals surface area (Å²) in [6, 6.07) is 15.6. The second-order valence-electron chi connectivity index (χ2n) is 4.10. The van der Waals surface area contributed by atoms with Crippen molar-refractivity contribution in [1.82, 2.24) is 10.2 Å². The van der Waals surface area contributed by atoms with Crippen molar-refractivity contribution >= 4 is 11.7 Å². The third kappa shape index (κ3) is 3.24. The number of nitrogens with zero attached hydrogens (tertiary/aromatic N) is 2. The van der Waals surface area contributed by atoms with Crippen LogP contribution in [0, 0.1) is 0 Å². The minimum absolute atomic E-state index is 0.131. The molecule has 0 bridgehead atoms. The van der Waals surface area contributed by atoms with E-state index in [1.807, 2.05) is 18.2 Å². The number of carbonyl (C=O) groups is 1. The number of benzene rings is 1. The SMILES string of the molecule is O=C(Nc1cccnn1)c1ccc(Oc2ccccc2)o1. The summed E-state index contributed by atoms with van der Waals surface area (Å²) in [6.07, 6.45) is 1.52. The van der Waals surface area contributed by atoms with Crippen LogP contribution < -0.4 is 10.1 Å². The number of hydrogen-bond donors (Lipinski definition) is 1. The Kier molecular flexibility index (Phi) is 3.60. The topological polar surface area (TPSA) is 77.2 Å². The second-order valence-corrected chi connectivity index (χ2v) is 4.10. The molecule has 0 aliphatic rings. The molecular formula is C15H11N3O3. The highest BCUT2D eigenvalue weighted by molar-refractivity contribution is 6.01. The van der Waals surface area contributed by atoms with Crippen molar-refractivity contribution in [3.63, 3.8) is 0 Å². The highest BCUT2D eigenvalue weighted by Crippen LogP contribution is 2.23. The molecular weight excluding hydrogens is 270 g/mol. The molecule has 1 aromatic carbocycles. The van der Waals surface area contributed by atoms with Gasteiger partial charge in [-0.15, -0.1) is 5.10 Å². The van der Waals surface area contributed by atoms with Crippen molar-refractivity contribution < 1.29 is 13.9 Å². The van der Waals surface area contributed by atoms with Gasteiger partial charge in [0.25, 0.3) is 11.9 Å². The van der Waals surface area contributed by atoms with Crippen LogP contribution in [0.4, 0.5) is 5.82 Å². The summed E-state index contributed by atoms with van der Waals surface area (Å²) >= 11 is 0. The first kappa shape index (κ1) is 12.9. The highest BCUT2D eigenvalue weighted by Gasteiger charge is 2.13. The summed E-state index contributed by atoms with van der Waals surface area (Å²) in [6.45, 7) is 0. The molecule has 0 fully saturated rings. The number of aromatic nitrogens is 2. The maximum atomic E-state index is 12.0. The maximum absolute atomic E-state index is 12.0. The predicted molar refractivity (Wildman–Crippen MR) is 75.2 cm³/mol. The van der Waals surface area contributed by atoms with Crippen molar-refractivity contribution in [2.45, 2.75) is 0 Å². The molecule has 0 spiro atoms. The van der Waals surface area contributed by atoms with E-state index in [9.17, 15) is 4.79 Å². The fraction of sp³-hybridized carbons (Fsp3) is 0. The van der Waals surface area contributed by atoms with Gasteiger partial charge in [-0.05, 0) is 30.3 Å². The molecule has 0 aliphatic carbocycles. The van der Waals surface area contributed by atoms with E-state index in [1.54, 1.807) is 30.3 Å². The molecule has 6 nitrogen and oxygen atoms in total. The molecule has 2 heterocycles. The van der Waals surface area contributed by atoms with Crippen LogP contribution in [0.15, 0.2) is 65.2 Å². The molecule has 0 saturated heterocycles. The first-order valence-electron chi connectivity index (χ1n) is 6.23. The standard InChI is InChI=1S/C15H11N3O3/c19-15(17-13-7-4-10-16-18-13)12-8-9-14(21-12)20-11-5-2-1-3-6-11/h1-10H,(H,17,18,19). The summed E-state index contributed by atoms with van der Waals surface area (Å²) in [7, 11) is 0. The third-order valence-electron chi connectivity index (χ3n) is 2.58. The van der Waals surface area contributed by atoms with Gasteiger partial charge in [0.2, 0.25) is 0 Å². The molecule has 0 atom stereocenters. The monoisotopic (exact) mass is 281 g/mol. The zero-order valence-electron chi connectivity index (χ0n) is 10.9. The summed E-state index contributed by atoms with van der Waals surface area (Å²) in [4.78, 5) is 12.0. The van der Waals surface area contributed by atoms with E-state index in [-0.39, 0.29) is 11.7 Å². The molecule has 0 unspecified atom stereocenters. The van der Waals surface area contributed by atoms with Crippen LogP contribution in [0.3, 0.4) is 0 Å². The molecule has 2 aromatic heterocycles. The lowest BCUT2D eigenvalue weighted by Crippen LogP contribution is -2.12. The van der Waals surface area contributed by atoms with Crippen LogP contribution in [0.2, 0.25) is 0 Å². The van der Waals surface area contributed by atoms with Gasteiger partial charge in [-0.2, -0.15) is 5.10 Å². The van der Waals surface area contributed by atoms with Crippen LogP contribution >= 0.6 is 0 Å². The Bertz CT molecular complexity index is 726. The molecule has 1 amide bonds. The fourth-order valence-electron chi connectivity index (χ4n) is 1.65. The van der Waals surface area contributed by atoms with Gasteiger partial charge in [-0.1, -0.05) is 18.2 Å². The molecule has 1 N–H and O–H groups in total. The van der Waals surface area contributed by atoms with Gasteiger partial charge in [0.1, 0.15) is 5.75 Å². The van der Waals surface area contributed by atoms with E-state index < -0.39 is 5.91 Å². The molecule has 21 heavy (non-hydrogen) atoms. The van der Waals surface area contributed by atoms with Gasteiger partial charge in [-0.25, -0.2) is 0 Å². The van der Waals surface area contributed by atoms with Gasteiger partial charge in [0.15, 0.2) is 11.6 Å². The van der Waals surface area contributed by atoms with E-state index in [0.717, 1.165) is 0 Å². The number of rotatable bonds is 4. The van der Waals surface area contributed by atoms with E-state index >= 15 is 0 Å². The quantitative estimate of drug-likeness (QED) is 0.795. The number of para-hydroxylation sites is 1. The summed E-state index contributed by atoms with van der Waals surface area (Å²) in [5.41, 5.74) is 0. The number of furan rings is 1. The average molecular weight is 281 g/mol. The number of carbonyl (C=O) groups excluding carboxylic acids is 1. The van der Waals surface area contributed by atoms with E-state index in [4.69, 9.17) is 9.15 Å². The van der Waals surface area contributed by atoms with Gasteiger partial charge >= 0.3 is 0 Å². The van der Waals surface area contributed by atoms with Crippen molar-refractivity contribution in [1.29, 1.82) is 0 Å². The smallest absolute Gasteiger partial charge is 0.292 e. The molecule has 104 valence electrons. The van der Waals surface area contributed by atoms with Gasteiger partial charge < -0.3 is 14.5 Å². The Hall–Kier alpha value is -3.15. The normalized spacial score (nSPS) is 10.1. The van der Waals surface area contributed by atoms with Crippen molar-refractivity contribution in [3.05, 3.63) is 66.6 Å². The van der Waals surface area contributed by atoms with E-state index in [1.165, 1.54) is 12.3 Å². The Morgan fingerprint density at radius 1 is 1.05 bits per heavy atom. The summed E-state index contributed by atoms with van der Waals surface area (Å²) < 4.78 is 10.8. The minimum atomic E-state index is -0.418. The third-order valence-corrected chi connectivity index (χ3v) is 2.58. The number of ether oxygens (including phenoxy) is 1. The number of hydrogen-bond acceptors (Lipinski definition) is 5. The zero-order chi connectivity index (χ0) is 14.5. The van der Waals surface area contributed by atoms with Gasteiger partial charge in [-0.3, -0.25) is 4.79 Å². The molecule has 0 aliphatic heterocycles.